The molecule has 1 fully saturated rings. The average Bonchev–Trinajstić information content (AvgIpc) is 2.78. The molecule has 0 bridgehead atoms. The molecule has 2 aromatic rings. The standard InChI is InChI=1S/C11H13N5/c1-3-11(16-13-5-6-14-16)4-2-9(1)15-10-7-12-8-10/h1-6,10,12,15H,7-8H2. The number of benzene rings is 1. The van der Waals surface area contributed by atoms with Crippen LogP contribution in [0, 0.1) is 0 Å². The second kappa shape index (κ2) is 3.94. The van der Waals surface area contributed by atoms with Crippen LogP contribution in [0.3, 0.4) is 0 Å². The molecule has 0 unspecified atom stereocenters. The van der Waals surface area contributed by atoms with E-state index in [1.54, 1.807) is 17.2 Å². The Kier molecular flexibility index (Phi) is 2.30. The normalized spacial score (nSPS) is 15.8. The van der Waals surface area contributed by atoms with Crippen LogP contribution in [0.1, 0.15) is 0 Å². The largest absolute Gasteiger partial charge is 0.380 e. The first-order valence-corrected chi connectivity index (χ1v) is 5.36. The molecule has 16 heavy (non-hydrogen) atoms. The first-order chi connectivity index (χ1) is 7.92. The summed E-state index contributed by atoms with van der Waals surface area (Å²) in [7, 11) is 0. The van der Waals surface area contributed by atoms with Crippen molar-refractivity contribution in [2.75, 3.05) is 18.4 Å². The third-order valence-corrected chi connectivity index (χ3v) is 2.67. The summed E-state index contributed by atoms with van der Waals surface area (Å²) in [5, 5.41) is 14.8. The van der Waals surface area contributed by atoms with Crippen LogP contribution < -0.4 is 10.6 Å². The maximum Gasteiger partial charge on any atom is 0.0858 e. The first-order valence-electron chi connectivity index (χ1n) is 5.36. The summed E-state index contributed by atoms with van der Waals surface area (Å²) in [5.74, 6) is 0. The van der Waals surface area contributed by atoms with Gasteiger partial charge in [-0.05, 0) is 24.3 Å². The zero-order valence-electron chi connectivity index (χ0n) is 8.80. The fraction of sp³-hybridized carbons (Fsp3) is 0.273. The predicted molar refractivity (Wildman–Crippen MR) is 61.6 cm³/mol. The van der Waals surface area contributed by atoms with E-state index in [2.05, 4.69) is 33.0 Å². The van der Waals surface area contributed by atoms with Crippen LogP contribution in [0.25, 0.3) is 5.69 Å². The number of anilines is 1. The van der Waals surface area contributed by atoms with E-state index in [4.69, 9.17) is 0 Å². The minimum absolute atomic E-state index is 0.564. The first kappa shape index (κ1) is 9.35. The second-order valence-electron chi connectivity index (χ2n) is 3.86. The Morgan fingerprint density at radius 1 is 1.12 bits per heavy atom. The smallest absolute Gasteiger partial charge is 0.0858 e. The molecule has 1 aliphatic heterocycles. The lowest BCUT2D eigenvalue weighted by atomic mass is 10.1. The minimum Gasteiger partial charge on any atom is -0.380 e. The maximum absolute atomic E-state index is 4.08. The van der Waals surface area contributed by atoms with Crippen molar-refractivity contribution in [3.63, 3.8) is 0 Å². The monoisotopic (exact) mass is 215 g/mol. The third-order valence-electron chi connectivity index (χ3n) is 2.67. The Morgan fingerprint density at radius 2 is 1.81 bits per heavy atom. The Hall–Kier alpha value is -1.88. The molecule has 1 aromatic carbocycles. The SMILES string of the molecule is c1cnn(-c2ccc(NC3CNC3)cc2)n1. The van der Waals surface area contributed by atoms with Gasteiger partial charge >= 0.3 is 0 Å². The van der Waals surface area contributed by atoms with Crippen LogP contribution in [0.15, 0.2) is 36.7 Å². The van der Waals surface area contributed by atoms with Crippen molar-refractivity contribution in [1.29, 1.82) is 0 Å². The number of hydrogen-bond donors (Lipinski definition) is 2. The van der Waals surface area contributed by atoms with E-state index in [0.717, 1.165) is 24.5 Å². The van der Waals surface area contributed by atoms with Gasteiger partial charge in [-0.25, -0.2) is 0 Å². The van der Waals surface area contributed by atoms with E-state index >= 15 is 0 Å². The van der Waals surface area contributed by atoms with Gasteiger partial charge in [-0.15, -0.1) is 0 Å². The Labute approximate surface area is 93.5 Å². The number of hydrogen-bond acceptors (Lipinski definition) is 4. The van der Waals surface area contributed by atoms with Gasteiger partial charge in [0.05, 0.1) is 24.1 Å². The van der Waals surface area contributed by atoms with E-state index in [0.29, 0.717) is 6.04 Å². The lowest BCUT2D eigenvalue weighted by Crippen LogP contribution is -2.51. The van der Waals surface area contributed by atoms with Gasteiger partial charge in [0, 0.05) is 18.8 Å². The second-order valence-corrected chi connectivity index (χ2v) is 3.86. The zero-order valence-corrected chi connectivity index (χ0v) is 8.80. The molecule has 0 aliphatic carbocycles. The molecule has 5 heteroatoms. The molecule has 2 heterocycles. The summed E-state index contributed by atoms with van der Waals surface area (Å²) in [6, 6.07) is 8.69. The highest BCUT2D eigenvalue weighted by Gasteiger charge is 2.15. The maximum atomic E-state index is 4.08. The van der Waals surface area contributed by atoms with Gasteiger partial charge in [-0.1, -0.05) is 0 Å². The fourth-order valence-corrected chi connectivity index (χ4v) is 1.67. The Morgan fingerprint density at radius 3 is 2.38 bits per heavy atom. The molecule has 1 aliphatic rings. The number of nitrogens with one attached hydrogen (secondary N) is 2. The Balaban J connectivity index is 1.74. The van der Waals surface area contributed by atoms with Crippen molar-refractivity contribution >= 4 is 5.69 Å². The Bertz CT molecular complexity index is 444. The quantitative estimate of drug-likeness (QED) is 0.789. The van der Waals surface area contributed by atoms with Crippen molar-refractivity contribution in [3.05, 3.63) is 36.7 Å². The van der Waals surface area contributed by atoms with Crippen LogP contribution >= 0.6 is 0 Å². The predicted octanol–water partition coefficient (Wildman–Crippen LogP) is 0.651. The number of aromatic nitrogens is 3. The minimum atomic E-state index is 0.564. The molecule has 5 nitrogen and oxygen atoms in total. The van der Waals surface area contributed by atoms with Gasteiger partial charge < -0.3 is 10.6 Å². The molecule has 1 aromatic heterocycles. The van der Waals surface area contributed by atoms with Gasteiger partial charge in [0.2, 0.25) is 0 Å². The highest BCUT2D eigenvalue weighted by Crippen LogP contribution is 2.13. The molecule has 82 valence electrons. The van der Waals surface area contributed by atoms with Gasteiger partial charge in [0.25, 0.3) is 0 Å². The molecule has 0 saturated carbocycles. The van der Waals surface area contributed by atoms with E-state index in [1.807, 2.05) is 12.1 Å². The summed E-state index contributed by atoms with van der Waals surface area (Å²) < 4.78 is 0. The van der Waals surface area contributed by atoms with Crippen molar-refractivity contribution in [2.24, 2.45) is 0 Å². The molecule has 0 amide bonds. The third kappa shape index (κ3) is 1.77. The van der Waals surface area contributed by atoms with Crippen LogP contribution in [0.4, 0.5) is 5.69 Å². The summed E-state index contributed by atoms with van der Waals surface area (Å²) in [5.41, 5.74) is 2.12. The van der Waals surface area contributed by atoms with E-state index in [1.165, 1.54) is 0 Å². The van der Waals surface area contributed by atoms with E-state index in [-0.39, 0.29) is 0 Å². The molecule has 0 radical (unpaired) electrons. The van der Waals surface area contributed by atoms with Gasteiger partial charge in [0.15, 0.2) is 0 Å². The van der Waals surface area contributed by atoms with E-state index < -0.39 is 0 Å². The lowest BCUT2D eigenvalue weighted by molar-refractivity contribution is 0.472. The summed E-state index contributed by atoms with van der Waals surface area (Å²) in [4.78, 5) is 1.61. The highest BCUT2D eigenvalue weighted by atomic mass is 15.5. The molecule has 2 N–H and O–H groups in total. The topological polar surface area (TPSA) is 54.8 Å². The van der Waals surface area contributed by atoms with Crippen molar-refractivity contribution in [1.82, 2.24) is 20.3 Å². The summed E-state index contributed by atoms with van der Waals surface area (Å²) >= 11 is 0. The molecule has 0 spiro atoms. The summed E-state index contributed by atoms with van der Waals surface area (Å²) in [6.07, 6.45) is 3.35. The van der Waals surface area contributed by atoms with Crippen LogP contribution in [-0.4, -0.2) is 34.1 Å². The van der Waals surface area contributed by atoms with Crippen LogP contribution in [0.2, 0.25) is 0 Å². The molecule has 0 atom stereocenters. The lowest BCUT2D eigenvalue weighted by Gasteiger charge is -2.28. The van der Waals surface area contributed by atoms with Gasteiger partial charge in [-0.2, -0.15) is 15.0 Å². The van der Waals surface area contributed by atoms with Gasteiger partial charge in [-0.3, -0.25) is 0 Å². The molecular weight excluding hydrogens is 202 g/mol. The molecule has 3 rings (SSSR count). The van der Waals surface area contributed by atoms with Crippen LogP contribution in [0.5, 0.6) is 0 Å². The number of rotatable bonds is 3. The molecular formula is C11H13N5. The van der Waals surface area contributed by atoms with Crippen LogP contribution in [-0.2, 0) is 0 Å². The summed E-state index contributed by atoms with van der Waals surface area (Å²) in [6.45, 7) is 2.09. The number of nitrogens with zero attached hydrogens (tertiary/aromatic N) is 3. The molecule has 1 saturated heterocycles. The average molecular weight is 215 g/mol. The van der Waals surface area contributed by atoms with Gasteiger partial charge in [0.1, 0.15) is 0 Å². The highest BCUT2D eigenvalue weighted by molar-refractivity contribution is 5.49. The zero-order chi connectivity index (χ0) is 10.8. The van der Waals surface area contributed by atoms with Crippen molar-refractivity contribution in [2.45, 2.75) is 6.04 Å². The van der Waals surface area contributed by atoms with Crippen molar-refractivity contribution < 1.29 is 0 Å². The van der Waals surface area contributed by atoms with E-state index in [9.17, 15) is 0 Å². The fourth-order valence-electron chi connectivity index (χ4n) is 1.67. The van der Waals surface area contributed by atoms with Crippen molar-refractivity contribution in [3.8, 4) is 5.69 Å².